The van der Waals surface area contributed by atoms with Crippen molar-refractivity contribution < 1.29 is 0 Å². The summed E-state index contributed by atoms with van der Waals surface area (Å²) in [5, 5.41) is 6.80. The molecule has 0 radical (unpaired) electrons. The molecule has 0 unspecified atom stereocenters. The lowest BCUT2D eigenvalue weighted by Gasteiger charge is -2.30. The van der Waals surface area contributed by atoms with Crippen LogP contribution in [0.1, 0.15) is 45.7 Å². The Bertz CT molecular complexity index is 680. The smallest absolute Gasteiger partial charge is 0.191 e. The van der Waals surface area contributed by atoms with Crippen LogP contribution in [0.2, 0.25) is 0 Å². The molecule has 0 amide bonds. The molecule has 1 aromatic carbocycles. The van der Waals surface area contributed by atoms with Gasteiger partial charge in [0.15, 0.2) is 5.96 Å². The number of aromatic nitrogens is 2. The predicted molar refractivity (Wildman–Crippen MR) is 118 cm³/mol. The number of aliphatic imine (C=N–C) groups is 1. The maximum Gasteiger partial charge on any atom is 0.191 e. The van der Waals surface area contributed by atoms with Crippen molar-refractivity contribution in [2.75, 3.05) is 19.6 Å². The van der Waals surface area contributed by atoms with Gasteiger partial charge in [0.1, 0.15) is 0 Å². The van der Waals surface area contributed by atoms with Gasteiger partial charge in [0.2, 0.25) is 0 Å². The first-order valence-electron chi connectivity index (χ1n) is 10.3. The minimum absolute atomic E-state index is 0.544. The number of hydrogen-bond acceptors (Lipinski definition) is 3. The van der Waals surface area contributed by atoms with Crippen molar-refractivity contribution in [3.8, 4) is 0 Å². The van der Waals surface area contributed by atoms with Gasteiger partial charge in [-0.15, -0.1) is 0 Å². The SMILES string of the molecule is CCNC(=NCc1ccc(Cn2ccnc2)cc1)NCCN(C(C)C)C(C)C. The van der Waals surface area contributed by atoms with Crippen molar-refractivity contribution in [3.05, 3.63) is 54.1 Å². The normalized spacial score (nSPS) is 12.2. The molecule has 0 aliphatic carbocycles. The van der Waals surface area contributed by atoms with Gasteiger partial charge < -0.3 is 15.2 Å². The summed E-state index contributed by atoms with van der Waals surface area (Å²) in [6, 6.07) is 9.71. The van der Waals surface area contributed by atoms with E-state index in [4.69, 9.17) is 4.99 Å². The van der Waals surface area contributed by atoms with Crippen molar-refractivity contribution in [1.82, 2.24) is 25.1 Å². The van der Waals surface area contributed by atoms with Crippen LogP contribution in [0.4, 0.5) is 0 Å². The van der Waals surface area contributed by atoms with E-state index < -0.39 is 0 Å². The van der Waals surface area contributed by atoms with Gasteiger partial charge in [-0.05, 0) is 45.7 Å². The first kappa shape index (κ1) is 22.0. The van der Waals surface area contributed by atoms with Gasteiger partial charge in [0.25, 0.3) is 0 Å². The first-order chi connectivity index (χ1) is 13.5. The van der Waals surface area contributed by atoms with Gasteiger partial charge in [0.05, 0.1) is 12.9 Å². The number of nitrogens with zero attached hydrogens (tertiary/aromatic N) is 4. The average molecular weight is 385 g/mol. The zero-order valence-electron chi connectivity index (χ0n) is 18.0. The van der Waals surface area contributed by atoms with Gasteiger partial charge in [-0.1, -0.05) is 24.3 Å². The molecule has 6 nitrogen and oxygen atoms in total. The number of benzene rings is 1. The Hall–Kier alpha value is -2.34. The van der Waals surface area contributed by atoms with E-state index in [0.29, 0.717) is 18.6 Å². The maximum absolute atomic E-state index is 4.74. The van der Waals surface area contributed by atoms with Crippen LogP contribution in [0.5, 0.6) is 0 Å². The Morgan fingerprint density at radius 3 is 2.32 bits per heavy atom. The highest BCUT2D eigenvalue weighted by molar-refractivity contribution is 5.79. The zero-order valence-corrected chi connectivity index (χ0v) is 18.0. The van der Waals surface area contributed by atoms with Crippen LogP contribution in [0.15, 0.2) is 48.0 Å². The Balaban J connectivity index is 1.87. The largest absolute Gasteiger partial charge is 0.357 e. The van der Waals surface area contributed by atoms with E-state index in [1.165, 1.54) is 11.1 Å². The third-order valence-corrected chi connectivity index (χ3v) is 4.70. The first-order valence-corrected chi connectivity index (χ1v) is 10.3. The average Bonchev–Trinajstić information content (AvgIpc) is 3.16. The van der Waals surface area contributed by atoms with Gasteiger partial charge in [-0.25, -0.2) is 9.98 Å². The number of hydrogen-bond donors (Lipinski definition) is 2. The molecule has 0 aliphatic rings. The topological polar surface area (TPSA) is 57.5 Å². The molecule has 2 aromatic rings. The summed E-state index contributed by atoms with van der Waals surface area (Å²) in [7, 11) is 0. The standard InChI is InChI=1S/C22H36N6/c1-6-24-22(25-12-14-28(18(2)3)19(4)5)26-15-20-7-9-21(10-8-20)16-27-13-11-23-17-27/h7-11,13,17-19H,6,12,14-16H2,1-5H3,(H2,24,25,26). The van der Waals surface area contributed by atoms with E-state index in [2.05, 4.69) is 84.0 Å². The Morgan fingerprint density at radius 1 is 1.07 bits per heavy atom. The lowest BCUT2D eigenvalue weighted by molar-refractivity contribution is 0.178. The molecule has 2 N–H and O–H groups in total. The third kappa shape index (κ3) is 7.35. The van der Waals surface area contributed by atoms with Gasteiger partial charge in [-0.3, -0.25) is 4.90 Å². The van der Waals surface area contributed by atoms with Crippen molar-refractivity contribution in [2.45, 2.75) is 59.8 Å². The van der Waals surface area contributed by atoms with E-state index >= 15 is 0 Å². The molecule has 2 rings (SSSR count). The molecule has 28 heavy (non-hydrogen) atoms. The molecule has 0 fully saturated rings. The van der Waals surface area contributed by atoms with Crippen LogP contribution in [0.25, 0.3) is 0 Å². The van der Waals surface area contributed by atoms with Gasteiger partial charge in [0, 0.05) is 50.7 Å². The molecule has 0 bridgehead atoms. The fourth-order valence-corrected chi connectivity index (χ4v) is 3.27. The third-order valence-electron chi connectivity index (χ3n) is 4.70. The summed E-state index contributed by atoms with van der Waals surface area (Å²) in [6.45, 7) is 15.3. The summed E-state index contributed by atoms with van der Waals surface area (Å²) in [4.78, 5) is 11.3. The van der Waals surface area contributed by atoms with Crippen LogP contribution in [0, 0.1) is 0 Å². The monoisotopic (exact) mass is 384 g/mol. The number of rotatable bonds is 10. The zero-order chi connectivity index (χ0) is 20.4. The fraction of sp³-hybridized carbons (Fsp3) is 0.545. The Kier molecular flexibility index (Phi) is 9.01. The van der Waals surface area contributed by atoms with E-state index in [1.54, 1.807) is 6.20 Å². The van der Waals surface area contributed by atoms with Crippen LogP contribution in [-0.4, -0.2) is 52.1 Å². The van der Waals surface area contributed by atoms with E-state index in [1.807, 2.05) is 12.5 Å². The molecule has 0 spiro atoms. The summed E-state index contributed by atoms with van der Waals surface area (Å²) in [5.41, 5.74) is 2.47. The molecule has 0 saturated heterocycles. The summed E-state index contributed by atoms with van der Waals surface area (Å²) in [6.07, 6.45) is 5.62. The number of guanidine groups is 1. The van der Waals surface area contributed by atoms with Gasteiger partial charge in [-0.2, -0.15) is 0 Å². The van der Waals surface area contributed by atoms with Crippen molar-refractivity contribution in [3.63, 3.8) is 0 Å². The van der Waals surface area contributed by atoms with Gasteiger partial charge >= 0.3 is 0 Å². The molecule has 0 aliphatic heterocycles. The second kappa shape index (κ2) is 11.5. The van der Waals surface area contributed by atoms with Crippen molar-refractivity contribution in [1.29, 1.82) is 0 Å². The highest BCUT2D eigenvalue weighted by Crippen LogP contribution is 2.08. The van der Waals surface area contributed by atoms with Crippen LogP contribution < -0.4 is 10.6 Å². The molecule has 0 saturated carbocycles. The number of nitrogens with one attached hydrogen (secondary N) is 2. The molecule has 6 heteroatoms. The molecular weight excluding hydrogens is 348 g/mol. The second-order valence-corrected chi connectivity index (χ2v) is 7.60. The van der Waals surface area contributed by atoms with Crippen LogP contribution in [0.3, 0.4) is 0 Å². The molecule has 0 atom stereocenters. The molecule has 1 aromatic heterocycles. The molecule has 1 heterocycles. The van der Waals surface area contributed by atoms with E-state index in [-0.39, 0.29) is 0 Å². The fourth-order valence-electron chi connectivity index (χ4n) is 3.27. The maximum atomic E-state index is 4.74. The Labute approximate surface area is 170 Å². The van der Waals surface area contributed by atoms with E-state index in [0.717, 1.165) is 32.1 Å². The molecular formula is C22H36N6. The molecule has 154 valence electrons. The lowest BCUT2D eigenvalue weighted by Crippen LogP contribution is -2.45. The summed E-state index contributed by atoms with van der Waals surface area (Å²) >= 11 is 0. The second-order valence-electron chi connectivity index (χ2n) is 7.60. The number of imidazole rings is 1. The van der Waals surface area contributed by atoms with Crippen molar-refractivity contribution >= 4 is 5.96 Å². The quantitative estimate of drug-likeness (QED) is 0.488. The lowest BCUT2D eigenvalue weighted by atomic mass is 10.1. The summed E-state index contributed by atoms with van der Waals surface area (Å²) < 4.78 is 2.07. The van der Waals surface area contributed by atoms with Crippen LogP contribution >= 0.6 is 0 Å². The predicted octanol–water partition coefficient (Wildman–Crippen LogP) is 3.11. The summed E-state index contributed by atoms with van der Waals surface area (Å²) in [5.74, 6) is 0.873. The van der Waals surface area contributed by atoms with E-state index in [9.17, 15) is 0 Å². The minimum Gasteiger partial charge on any atom is -0.357 e. The van der Waals surface area contributed by atoms with Crippen LogP contribution in [-0.2, 0) is 13.1 Å². The highest BCUT2D eigenvalue weighted by Gasteiger charge is 2.12. The Morgan fingerprint density at radius 2 is 1.75 bits per heavy atom. The minimum atomic E-state index is 0.544. The van der Waals surface area contributed by atoms with Crippen molar-refractivity contribution in [2.24, 2.45) is 4.99 Å². The highest BCUT2D eigenvalue weighted by atomic mass is 15.2.